The summed E-state index contributed by atoms with van der Waals surface area (Å²) in [6, 6.07) is -0.153. The van der Waals surface area contributed by atoms with Gasteiger partial charge in [-0.1, -0.05) is 31.2 Å². The average Bonchev–Trinajstić information content (AvgIpc) is 2.62. The summed E-state index contributed by atoms with van der Waals surface area (Å²) >= 11 is 0. The molecule has 0 aromatic heterocycles. The Morgan fingerprint density at radius 3 is 2.37 bits per heavy atom. The molecule has 0 aromatic rings. The van der Waals surface area contributed by atoms with Gasteiger partial charge in [0.1, 0.15) is 0 Å². The lowest BCUT2D eigenvalue weighted by atomic mass is 10.0. The summed E-state index contributed by atoms with van der Waals surface area (Å²) in [7, 11) is 1.79. The fourth-order valence-corrected chi connectivity index (χ4v) is 3.22. The zero-order valence-electron chi connectivity index (χ0n) is 17.4. The van der Waals surface area contributed by atoms with Crippen LogP contribution < -0.4 is 0 Å². The third kappa shape index (κ3) is 8.48. The normalized spacial score (nSPS) is 18.7. The van der Waals surface area contributed by atoms with E-state index < -0.39 is 0 Å². The molecule has 1 saturated heterocycles. The molecule has 4 nitrogen and oxygen atoms in total. The van der Waals surface area contributed by atoms with Gasteiger partial charge in [0.2, 0.25) is 0 Å². The lowest BCUT2D eigenvalue weighted by Crippen LogP contribution is -2.45. The molecule has 0 aliphatic carbocycles. The number of urea groups is 1. The maximum Gasteiger partial charge on any atom is 0.344 e. The van der Waals surface area contributed by atoms with Crippen LogP contribution in [0.3, 0.4) is 0 Å². The number of halogens is 1. The Labute approximate surface area is 163 Å². The summed E-state index contributed by atoms with van der Waals surface area (Å²) in [5.41, 5.74) is 1.68. The Balaban J connectivity index is 2.67. The minimum absolute atomic E-state index is 0.167. The SMILES string of the molecule is CC=CC(=CCC)CN1CCC(N(C)C(=O)N=C(/C=C\C)/C=C(\C)F)CC1. The van der Waals surface area contributed by atoms with Crippen molar-refractivity contribution in [1.29, 1.82) is 0 Å². The van der Waals surface area contributed by atoms with Crippen LogP contribution in [0.15, 0.2) is 52.8 Å². The second kappa shape index (κ2) is 12.4. The number of hydrogen-bond acceptors (Lipinski definition) is 2. The third-order valence-electron chi connectivity index (χ3n) is 4.57. The molecule has 1 heterocycles. The monoisotopic (exact) mass is 375 g/mol. The minimum Gasteiger partial charge on any atom is -0.323 e. The molecule has 0 unspecified atom stereocenters. The second-order valence-corrected chi connectivity index (χ2v) is 6.86. The Kier molecular flexibility index (Phi) is 10.6. The van der Waals surface area contributed by atoms with Gasteiger partial charge in [-0.25, -0.2) is 9.18 Å². The van der Waals surface area contributed by atoms with Gasteiger partial charge in [-0.2, -0.15) is 4.99 Å². The average molecular weight is 376 g/mol. The summed E-state index contributed by atoms with van der Waals surface area (Å²) in [5, 5.41) is 0. The minimum atomic E-state index is -0.368. The van der Waals surface area contributed by atoms with E-state index in [9.17, 15) is 9.18 Å². The molecule has 2 amide bonds. The van der Waals surface area contributed by atoms with Crippen LogP contribution in [0.5, 0.6) is 0 Å². The van der Waals surface area contributed by atoms with Crippen LogP contribution in [0.2, 0.25) is 0 Å². The first kappa shape index (κ1) is 23.0. The van der Waals surface area contributed by atoms with Crippen LogP contribution in [0.25, 0.3) is 0 Å². The molecule has 1 aliphatic rings. The van der Waals surface area contributed by atoms with E-state index in [1.165, 1.54) is 18.6 Å². The van der Waals surface area contributed by atoms with Crippen molar-refractivity contribution < 1.29 is 9.18 Å². The number of allylic oxidation sites excluding steroid dienone is 6. The van der Waals surface area contributed by atoms with Crippen molar-refractivity contribution in [3.8, 4) is 0 Å². The fraction of sp³-hybridized carbons (Fsp3) is 0.545. The molecule has 0 N–H and O–H groups in total. The van der Waals surface area contributed by atoms with Gasteiger partial charge in [-0.15, -0.1) is 0 Å². The van der Waals surface area contributed by atoms with Gasteiger partial charge in [0.15, 0.2) is 0 Å². The van der Waals surface area contributed by atoms with Crippen LogP contribution in [-0.4, -0.2) is 54.3 Å². The van der Waals surface area contributed by atoms with E-state index in [0.29, 0.717) is 5.71 Å². The molecule has 1 rings (SSSR count). The Hall–Kier alpha value is -2.01. The van der Waals surface area contributed by atoms with Crippen molar-refractivity contribution in [2.45, 2.75) is 53.0 Å². The zero-order chi connectivity index (χ0) is 20.2. The Morgan fingerprint density at radius 2 is 1.85 bits per heavy atom. The molecule has 0 atom stereocenters. The lowest BCUT2D eigenvalue weighted by molar-refractivity contribution is 0.145. The first-order valence-corrected chi connectivity index (χ1v) is 9.77. The number of likely N-dealkylation sites (tertiary alicyclic amines) is 1. The van der Waals surface area contributed by atoms with E-state index >= 15 is 0 Å². The smallest absolute Gasteiger partial charge is 0.323 e. The first-order chi connectivity index (χ1) is 12.9. The van der Waals surface area contributed by atoms with Crippen LogP contribution in [-0.2, 0) is 0 Å². The molecule has 5 heteroatoms. The van der Waals surface area contributed by atoms with Gasteiger partial charge in [0.25, 0.3) is 0 Å². The Bertz CT molecular complexity index is 619. The first-order valence-electron chi connectivity index (χ1n) is 9.77. The molecule has 0 saturated carbocycles. The molecule has 1 fully saturated rings. The number of hydrogen-bond donors (Lipinski definition) is 0. The molecular formula is C22H34FN3O. The number of carbonyl (C=O) groups excluding carboxylic acids is 1. The summed E-state index contributed by atoms with van der Waals surface area (Å²) in [5.74, 6) is -0.368. The Morgan fingerprint density at radius 1 is 1.22 bits per heavy atom. The number of piperidine rings is 1. The molecule has 0 bridgehead atoms. The van der Waals surface area contributed by atoms with Crippen molar-refractivity contribution in [3.63, 3.8) is 0 Å². The second-order valence-electron chi connectivity index (χ2n) is 6.86. The van der Waals surface area contributed by atoms with Crippen LogP contribution in [0.4, 0.5) is 9.18 Å². The van der Waals surface area contributed by atoms with Crippen LogP contribution >= 0.6 is 0 Å². The predicted octanol–water partition coefficient (Wildman–Crippen LogP) is 5.31. The third-order valence-corrected chi connectivity index (χ3v) is 4.57. The zero-order valence-corrected chi connectivity index (χ0v) is 17.4. The molecule has 1 aliphatic heterocycles. The van der Waals surface area contributed by atoms with E-state index in [1.807, 2.05) is 13.8 Å². The molecular weight excluding hydrogens is 341 g/mol. The van der Waals surface area contributed by atoms with Gasteiger partial charge in [0, 0.05) is 32.7 Å². The van der Waals surface area contributed by atoms with Gasteiger partial charge < -0.3 is 4.90 Å². The largest absolute Gasteiger partial charge is 0.344 e. The summed E-state index contributed by atoms with van der Waals surface area (Å²) < 4.78 is 13.1. The molecule has 150 valence electrons. The van der Waals surface area contributed by atoms with Crippen molar-refractivity contribution in [2.24, 2.45) is 4.99 Å². The van der Waals surface area contributed by atoms with Gasteiger partial charge in [-0.3, -0.25) is 4.90 Å². The van der Waals surface area contributed by atoms with Crippen LogP contribution in [0.1, 0.15) is 47.0 Å². The maximum atomic E-state index is 13.1. The number of amides is 2. The number of aliphatic imine (C=N–C) groups is 1. The topological polar surface area (TPSA) is 35.9 Å². The summed E-state index contributed by atoms with van der Waals surface area (Å²) in [4.78, 5) is 20.6. The number of carbonyl (C=O) groups is 1. The van der Waals surface area contributed by atoms with Gasteiger partial charge >= 0.3 is 6.03 Å². The number of nitrogens with zero attached hydrogens (tertiary/aromatic N) is 3. The summed E-state index contributed by atoms with van der Waals surface area (Å²) in [6.45, 7) is 10.2. The van der Waals surface area contributed by atoms with Crippen molar-refractivity contribution in [3.05, 3.63) is 47.9 Å². The van der Waals surface area contributed by atoms with E-state index in [1.54, 1.807) is 24.1 Å². The highest BCUT2D eigenvalue weighted by Gasteiger charge is 2.25. The van der Waals surface area contributed by atoms with E-state index in [0.717, 1.165) is 38.9 Å². The molecule has 0 aromatic carbocycles. The highest BCUT2D eigenvalue weighted by Crippen LogP contribution is 2.18. The molecule has 27 heavy (non-hydrogen) atoms. The van der Waals surface area contributed by atoms with E-state index in [4.69, 9.17) is 0 Å². The van der Waals surface area contributed by atoms with Crippen molar-refractivity contribution in [1.82, 2.24) is 9.80 Å². The van der Waals surface area contributed by atoms with Gasteiger partial charge in [-0.05, 0) is 57.8 Å². The fourth-order valence-electron chi connectivity index (χ4n) is 3.22. The lowest BCUT2D eigenvalue weighted by Gasteiger charge is -2.36. The predicted molar refractivity (Wildman–Crippen MR) is 113 cm³/mol. The maximum absolute atomic E-state index is 13.1. The van der Waals surface area contributed by atoms with Gasteiger partial charge in [0.05, 0.1) is 11.5 Å². The standard InChI is InChI=1S/C22H34FN3O/c1-6-9-19(10-7-2)17-26-14-12-21(13-15-26)25(5)22(27)24-20(11-8-3)16-18(4)23/h6,8-11,16,21H,7,12-15,17H2,1-5H3/b9-6?,11-8-,18-16+,19-10?,24-20?. The molecule has 0 spiro atoms. The quantitative estimate of drug-likeness (QED) is 0.447. The van der Waals surface area contributed by atoms with Crippen molar-refractivity contribution >= 4 is 11.7 Å². The van der Waals surface area contributed by atoms with E-state index in [-0.39, 0.29) is 17.9 Å². The van der Waals surface area contributed by atoms with Crippen LogP contribution in [0, 0.1) is 0 Å². The van der Waals surface area contributed by atoms with Crippen molar-refractivity contribution in [2.75, 3.05) is 26.7 Å². The summed E-state index contributed by atoms with van der Waals surface area (Å²) in [6.07, 6.45) is 14.0. The molecule has 0 radical (unpaired) electrons. The highest BCUT2D eigenvalue weighted by molar-refractivity contribution is 6.09. The number of rotatable bonds is 7. The van der Waals surface area contributed by atoms with E-state index in [2.05, 4.69) is 35.0 Å². The highest BCUT2D eigenvalue weighted by atomic mass is 19.1.